The minimum Gasteiger partial charge on any atom is -0.391 e. The molecule has 4 heterocycles. The van der Waals surface area contributed by atoms with Gasteiger partial charge >= 0.3 is 0 Å². The number of hydrogen-bond donors (Lipinski definition) is 5. The Balaban J connectivity index is 1.58. The van der Waals surface area contributed by atoms with E-state index in [9.17, 15) is 5.11 Å². The first kappa shape index (κ1) is 18.6. The standard InChI is InChI=1S/C18H27N9O/c1-11(2)13-7-24-27-17(21-9-16-22-10-23-26-16)5-15(25-18(13)27)20-6-12-3-4-19-8-14(12)28/h5,7,10-12,14,19,21,28H,3-4,6,8-9H2,1-2H3,(H,20,25)(H,22,23,26)/t12-,14+/m1/s1. The summed E-state index contributed by atoms with van der Waals surface area (Å²) in [6.07, 6.45) is 3.96. The Hall–Kier alpha value is -2.72. The number of hydrogen-bond acceptors (Lipinski definition) is 8. The molecule has 0 aromatic carbocycles. The first-order valence-electron chi connectivity index (χ1n) is 9.71. The Labute approximate surface area is 163 Å². The summed E-state index contributed by atoms with van der Waals surface area (Å²) in [5.74, 6) is 2.85. The van der Waals surface area contributed by atoms with Crippen LogP contribution in [0.1, 0.15) is 37.6 Å². The van der Waals surface area contributed by atoms with Crippen molar-refractivity contribution in [2.24, 2.45) is 5.92 Å². The fraction of sp³-hybridized carbons (Fsp3) is 0.556. The number of fused-ring (bicyclic) bond motifs is 1. The van der Waals surface area contributed by atoms with Crippen LogP contribution in [0.4, 0.5) is 11.6 Å². The van der Waals surface area contributed by atoms with Gasteiger partial charge in [0.1, 0.15) is 23.8 Å². The predicted molar refractivity (Wildman–Crippen MR) is 106 cm³/mol. The molecule has 28 heavy (non-hydrogen) atoms. The normalized spacial score (nSPS) is 20.0. The molecular formula is C18H27N9O. The third-order valence-corrected chi connectivity index (χ3v) is 5.16. The van der Waals surface area contributed by atoms with E-state index >= 15 is 0 Å². The highest BCUT2D eigenvalue weighted by molar-refractivity contribution is 5.60. The number of anilines is 2. The van der Waals surface area contributed by atoms with Crippen LogP contribution in [0.5, 0.6) is 0 Å². The minimum atomic E-state index is -0.338. The van der Waals surface area contributed by atoms with Gasteiger partial charge in [0, 0.05) is 30.6 Å². The summed E-state index contributed by atoms with van der Waals surface area (Å²) in [5, 5.41) is 31.4. The second kappa shape index (κ2) is 8.11. The average molecular weight is 385 g/mol. The van der Waals surface area contributed by atoms with Crippen molar-refractivity contribution in [3.05, 3.63) is 30.0 Å². The fourth-order valence-corrected chi connectivity index (χ4v) is 3.46. The number of nitrogens with zero attached hydrogens (tertiary/aromatic N) is 5. The number of H-pyrrole nitrogens is 1. The quantitative estimate of drug-likeness (QED) is 0.407. The average Bonchev–Trinajstić information content (AvgIpc) is 3.35. The van der Waals surface area contributed by atoms with E-state index in [1.165, 1.54) is 6.33 Å². The van der Waals surface area contributed by atoms with Gasteiger partial charge in [-0.15, -0.1) is 0 Å². The monoisotopic (exact) mass is 385 g/mol. The molecule has 0 amide bonds. The molecule has 3 aromatic rings. The van der Waals surface area contributed by atoms with Crippen molar-refractivity contribution in [1.29, 1.82) is 0 Å². The van der Waals surface area contributed by atoms with Crippen LogP contribution in [0.3, 0.4) is 0 Å². The lowest BCUT2D eigenvalue weighted by atomic mass is 9.95. The molecule has 10 nitrogen and oxygen atoms in total. The van der Waals surface area contributed by atoms with Gasteiger partial charge in [-0.2, -0.15) is 14.7 Å². The van der Waals surface area contributed by atoms with Gasteiger partial charge in [0.2, 0.25) is 0 Å². The van der Waals surface area contributed by atoms with Crippen LogP contribution in [0.2, 0.25) is 0 Å². The number of piperidine rings is 1. The third-order valence-electron chi connectivity index (χ3n) is 5.16. The summed E-state index contributed by atoms with van der Waals surface area (Å²) >= 11 is 0. The van der Waals surface area contributed by atoms with Gasteiger partial charge in [-0.1, -0.05) is 13.8 Å². The van der Waals surface area contributed by atoms with Crippen molar-refractivity contribution in [2.45, 2.75) is 38.8 Å². The maximum atomic E-state index is 10.2. The van der Waals surface area contributed by atoms with Crippen molar-refractivity contribution in [3.63, 3.8) is 0 Å². The number of aromatic nitrogens is 6. The van der Waals surface area contributed by atoms with E-state index in [2.05, 4.69) is 50.1 Å². The smallest absolute Gasteiger partial charge is 0.163 e. The lowest BCUT2D eigenvalue weighted by Crippen LogP contribution is -2.43. The number of aliphatic hydroxyl groups is 1. The van der Waals surface area contributed by atoms with Gasteiger partial charge in [-0.05, 0) is 18.9 Å². The van der Waals surface area contributed by atoms with E-state index in [0.717, 1.165) is 41.6 Å². The molecule has 0 radical (unpaired) electrons. The molecule has 1 saturated heterocycles. The number of rotatable bonds is 7. The summed E-state index contributed by atoms with van der Waals surface area (Å²) in [6, 6.07) is 1.94. The summed E-state index contributed by atoms with van der Waals surface area (Å²) in [4.78, 5) is 8.94. The van der Waals surface area contributed by atoms with Crippen LogP contribution in [0.25, 0.3) is 5.65 Å². The molecule has 1 fully saturated rings. The van der Waals surface area contributed by atoms with Crippen LogP contribution in [0.15, 0.2) is 18.6 Å². The number of aliphatic hydroxyl groups excluding tert-OH is 1. The maximum absolute atomic E-state index is 10.2. The van der Waals surface area contributed by atoms with E-state index in [-0.39, 0.29) is 12.0 Å². The second-order valence-electron chi connectivity index (χ2n) is 7.50. The molecule has 5 N–H and O–H groups in total. The Bertz CT molecular complexity index is 905. The highest BCUT2D eigenvalue weighted by Crippen LogP contribution is 2.24. The molecule has 0 saturated carbocycles. The van der Waals surface area contributed by atoms with Gasteiger partial charge in [0.05, 0.1) is 18.8 Å². The van der Waals surface area contributed by atoms with Crippen molar-refractivity contribution in [2.75, 3.05) is 30.3 Å². The summed E-state index contributed by atoms with van der Waals surface area (Å²) in [5.41, 5.74) is 1.92. The first-order chi connectivity index (χ1) is 13.6. The van der Waals surface area contributed by atoms with Crippen LogP contribution in [-0.2, 0) is 6.54 Å². The van der Waals surface area contributed by atoms with Gasteiger partial charge in [-0.3, -0.25) is 5.10 Å². The molecule has 150 valence electrons. The summed E-state index contributed by atoms with van der Waals surface area (Å²) in [6.45, 7) is 7.02. The molecular weight excluding hydrogens is 358 g/mol. The molecule has 0 bridgehead atoms. The van der Waals surface area contributed by atoms with E-state index in [0.29, 0.717) is 25.6 Å². The van der Waals surface area contributed by atoms with E-state index in [1.807, 2.05) is 16.8 Å². The maximum Gasteiger partial charge on any atom is 0.163 e. The van der Waals surface area contributed by atoms with Crippen LogP contribution < -0.4 is 16.0 Å². The molecule has 0 spiro atoms. The van der Waals surface area contributed by atoms with Crippen molar-refractivity contribution in [1.82, 2.24) is 35.1 Å². The van der Waals surface area contributed by atoms with Gasteiger partial charge < -0.3 is 21.1 Å². The topological polar surface area (TPSA) is 128 Å². The van der Waals surface area contributed by atoms with Crippen LogP contribution in [-0.4, -0.2) is 60.6 Å². The Kier molecular flexibility index (Phi) is 5.40. The van der Waals surface area contributed by atoms with E-state index in [1.54, 1.807) is 0 Å². The lowest BCUT2D eigenvalue weighted by molar-refractivity contribution is 0.0883. The first-order valence-corrected chi connectivity index (χ1v) is 9.71. The second-order valence-corrected chi connectivity index (χ2v) is 7.50. The number of aromatic amines is 1. The van der Waals surface area contributed by atoms with Crippen LogP contribution in [0, 0.1) is 5.92 Å². The highest BCUT2D eigenvalue weighted by Gasteiger charge is 2.23. The lowest BCUT2D eigenvalue weighted by Gasteiger charge is -2.28. The zero-order chi connectivity index (χ0) is 19.5. The fourth-order valence-electron chi connectivity index (χ4n) is 3.46. The number of β-amino-alcohol motifs (C(OH)–C–C–N with tert-alkyl or cyclic N) is 1. The molecule has 3 aromatic heterocycles. The molecule has 1 aliphatic heterocycles. The largest absolute Gasteiger partial charge is 0.391 e. The molecule has 2 atom stereocenters. The molecule has 10 heteroatoms. The summed E-state index contributed by atoms with van der Waals surface area (Å²) in [7, 11) is 0. The van der Waals surface area contributed by atoms with E-state index < -0.39 is 0 Å². The van der Waals surface area contributed by atoms with Crippen molar-refractivity contribution >= 4 is 17.3 Å². The molecule has 0 unspecified atom stereocenters. The zero-order valence-electron chi connectivity index (χ0n) is 16.2. The molecule has 0 aliphatic carbocycles. The molecule has 1 aliphatic rings. The Morgan fingerprint density at radius 1 is 1.36 bits per heavy atom. The zero-order valence-corrected chi connectivity index (χ0v) is 16.2. The SMILES string of the molecule is CC(C)c1cnn2c(NCc3ncn[nH]3)cc(NC[C@H]3CCNC[C@@H]3O)nc12. The van der Waals surface area contributed by atoms with E-state index in [4.69, 9.17) is 4.98 Å². The number of nitrogens with one attached hydrogen (secondary N) is 4. The molecule has 4 rings (SSSR count). The van der Waals surface area contributed by atoms with Crippen LogP contribution >= 0.6 is 0 Å². The van der Waals surface area contributed by atoms with Gasteiger partial charge in [0.15, 0.2) is 5.65 Å². The highest BCUT2D eigenvalue weighted by atomic mass is 16.3. The van der Waals surface area contributed by atoms with Crippen molar-refractivity contribution < 1.29 is 5.11 Å². The summed E-state index contributed by atoms with van der Waals surface area (Å²) < 4.78 is 1.82. The Morgan fingerprint density at radius 2 is 2.25 bits per heavy atom. The van der Waals surface area contributed by atoms with Gasteiger partial charge in [0.25, 0.3) is 0 Å². The third kappa shape index (κ3) is 3.92. The van der Waals surface area contributed by atoms with Crippen molar-refractivity contribution in [3.8, 4) is 0 Å². The predicted octanol–water partition coefficient (Wildman–Crippen LogP) is 0.965. The Morgan fingerprint density at radius 3 is 3.00 bits per heavy atom. The minimum absolute atomic E-state index is 0.208. The van der Waals surface area contributed by atoms with Gasteiger partial charge in [-0.25, -0.2) is 9.97 Å².